The lowest BCUT2D eigenvalue weighted by Crippen LogP contribution is -2.07. The van der Waals surface area contributed by atoms with E-state index < -0.39 is 0 Å². The fourth-order valence-corrected chi connectivity index (χ4v) is 2.24. The largest absolute Gasteiger partial charge is 0.465 e. The minimum Gasteiger partial charge on any atom is -0.465 e. The maximum Gasteiger partial charge on any atom is 0.337 e. The van der Waals surface area contributed by atoms with Gasteiger partial charge >= 0.3 is 5.97 Å². The Labute approximate surface area is 133 Å². The predicted molar refractivity (Wildman–Crippen MR) is 86.3 cm³/mol. The molecule has 2 aromatic rings. The number of halogens is 2. The second-order valence-corrected chi connectivity index (χ2v) is 5.42. The summed E-state index contributed by atoms with van der Waals surface area (Å²) in [6.07, 6.45) is 0. The van der Waals surface area contributed by atoms with Crippen molar-refractivity contribution < 1.29 is 9.53 Å². The SMILES string of the molecule is COC(=O)c1ccc(NC(C)c2ccc(Cl)c(Cl)c2)cc1. The second kappa shape index (κ2) is 6.83. The molecule has 0 radical (unpaired) electrons. The number of benzene rings is 2. The quantitative estimate of drug-likeness (QED) is 0.809. The van der Waals surface area contributed by atoms with Gasteiger partial charge in [-0.2, -0.15) is 0 Å². The third-order valence-corrected chi connectivity index (χ3v) is 3.87. The molecule has 0 amide bonds. The molecule has 21 heavy (non-hydrogen) atoms. The zero-order valence-corrected chi connectivity index (χ0v) is 13.2. The number of hydrogen-bond acceptors (Lipinski definition) is 3. The van der Waals surface area contributed by atoms with Crippen LogP contribution in [0.1, 0.15) is 28.9 Å². The maximum absolute atomic E-state index is 11.4. The summed E-state index contributed by atoms with van der Waals surface area (Å²) in [6, 6.07) is 12.7. The predicted octanol–water partition coefficient (Wildman–Crippen LogP) is 4.95. The van der Waals surface area contributed by atoms with Crippen LogP contribution in [-0.4, -0.2) is 13.1 Å². The van der Waals surface area contributed by atoms with E-state index in [1.807, 2.05) is 31.2 Å². The topological polar surface area (TPSA) is 38.3 Å². The third kappa shape index (κ3) is 3.90. The first-order valence-electron chi connectivity index (χ1n) is 6.41. The number of ether oxygens (including phenoxy) is 1. The van der Waals surface area contributed by atoms with Crippen molar-refractivity contribution >= 4 is 34.9 Å². The number of anilines is 1. The number of carbonyl (C=O) groups excluding carboxylic acids is 1. The van der Waals surface area contributed by atoms with E-state index in [4.69, 9.17) is 23.2 Å². The Morgan fingerprint density at radius 2 is 1.76 bits per heavy atom. The van der Waals surface area contributed by atoms with Crippen LogP contribution in [-0.2, 0) is 4.74 Å². The van der Waals surface area contributed by atoms with Crippen LogP contribution in [0, 0.1) is 0 Å². The summed E-state index contributed by atoms with van der Waals surface area (Å²) in [5.74, 6) is -0.348. The monoisotopic (exact) mass is 323 g/mol. The van der Waals surface area contributed by atoms with Crippen molar-refractivity contribution in [1.29, 1.82) is 0 Å². The first kappa shape index (κ1) is 15.7. The maximum atomic E-state index is 11.4. The Balaban J connectivity index is 2.10. The van der Waals surface area contributed by atoms with E-state index in [-0.39, 0.29) is 12.0 Å². The van der Waals surface area contributed by atoms with Gasteiger partial charge in [0.2, 0.25) is 0 Å². The molecule has 0 saturated carbocycles. The van der Waals surface area contributed by atoms with Crippen molar-refractivity contribution in [2.45, 2.75) is 13.0 Å². The van der Waals surface area contributed by atoms with Crippen LogP contribution in [0.4, 0.5) is 5.69 Å². The molecule has 0 heterocycles. The van der Waals surface area contributed by atoms with Crippen molar-refractivity contribution in [1.82, 2.24) is 0 Å². The van der Waals surface area contributed by atoms with Gasteiger partial charge in [0.05, 0.1) is 22.7 Å². The van der Waals surface area contributed by atoms with E-state index in [9.17, 15) is 4.79 Å². The minimum absolute atomic E-state index is 0.0590. The molecule has 0 fully saturated rings. The molecule has 0 aliphatic rings. The number of hydrogen-bond donors (Lipinski definition) is 1. The summed E-state index contributed by atoms with van der Waals surface area (Å²) in [5.41, 5.74) is 2.45. The van der Waals surface area contributed by atoms with Gasteiger partial charge in [0.1, 0.15) is 0 Å². The average molecular weight is 324 g/mol. The number of nitrogens with one attached hydrogen (secondary N) is 1. The highest BCUT2D eigenvalue weighted by molar-refractivity contribution is 6.42. The van der Waals surface area contributed by atoms with Gasteiger partial charge in [-0.25, -0.2) is 4.79 Å². The van der Waals surface area contributed by atoms with Crippen molar-refractivity contribution in [3.8, 4) is 0 Å². The lowest BCUT2D eigenvalue weighted by molar-refractivity contribution is 0.0601. The van der Waals surface area contributed by atoms with Gasteiger partial charge in [-0.15, -0.1) is 0 Å². The van der Waals surface area contributed by atoms with E-state index in [2.05, 4.69) is 10.1 Å². The molecule has 3 nitrogen and oxygen atoms in total. The first-order chi connectivity index (χ1) is 10.0. The molecule has 0 aliphatic heterocycles. The van der Waals surface area contributed by atoms with E-state index in [1.54, 1.807) is 18.2 Å². The summed E-state index contributed by atoms with van der Waals surface area (Å²) in [7, 11) is 1.36. The number of rotatable bonds is 4. The Morgan fingerprint density at radius 3 is 2.33 bits per heavy atom. The van der Waals surface area contributed by atoms with Crippen LogP contribution >= 0.6 is 23.2 Å². The Hall–Kier alpha value is -1.71. The molecule has 1 unspecified atom stereocenters. The van der Waals surface area contributed by atoms with Gasteiger partial charge < -0.3 is 10.1 Å². The van der Waals surface area contributed by atoms with Gasteiger partial charge in [0.25, 0.3) is 0 Å². The lowest BCUT2D eigenvalue weighted by Gasteiger charge is -2.16. The molecular weight excluding hydrogens is 309 g/mol. The molecule has 0 aromatic heterocycles. The van der Waals surface area contributed by atoms with Crippen LogP contribution < -0.4 is 5.32 Å². The van der Waals surface area contributed by atoms with Crippen molar-refractivity contribution in [3.05, 3.63) is 63.6 Å². The lowest BCUT2D eigenvalue weighted by atomic mass is 10.1. The molecule has 0 bridgehead atoms. The van der Waals surface area contributed by atoms with Crippen molar-refractivity contribution in [2.75, 3.05) is 12.4 Å². The molecule has 5 heteroatoms. The summed E-state index contributed by atoms with van der Waals surface area (Å²) in [4.78, 5) is 11.4. The average Bonchev–Trinajstić information content (AvgIpc) is 2.50. The summed E-state index contributed by atoms with van der Waals surface area (Å²) < 4.78 is 4.66. The van der Waals surface area contributed by atoms with Gasteiger partial charge in [0, 0.05) is 11.7 Å². The molecular formula is C16H15Cl2NO2. The van der Waals surface area contributed by atoms with Crippen LogP contribution in [0.3, 0.4) is 0 Å². The van der Waals surface area contributed by atoms with Crippen molar-refractivity contribution in [3.63, 3.8) is 0 Å². The molecule has 2 aromatic carbocycles. The zero-order valence-electron chi connectivity index (χ0n) is 11.7. The zero-order chi connectivity index (χ0) is 15.4. The fraction of sp³-hybridized carbons (Fsp3) is 0.188. The van der Waals surface area contributed by atoms with Crippen molar-refractivity contribution in [2.24, 2.45) is 0 Å². The highest BCUT2D eigenvalue weighted by Crippen LogP contribution is 2.27. The first-order valence-corrected chi connectivity index (χ1v) is 7.16. The molecule has 0 spiro atoms. The molecule has 1 atom stereocenters. The highest BCUT2D eigenvalue weighted by Gasteiger charge is 2.09. The van der Waals surface area contributed by atoms with Crippen LogP contribution in [0.25, 0.3) is 0 Å². The number of methoxy groups -OCH3 is 1. The standard InChI is InChI=1S/C16H15Cl2NO2/c1-10(12-5-8-14(17)15(18)9-12)19-13-6-3-11(4-7-13)16(20)21-2/h3-10,19H,1-2H3. The highest BCUT2D eigenvalue weighted by atomic mass is 35.5. The van der Waals surface area contributed by atoms with Crippen LogP contribution in [0.5, 0.6) is 0 Å². The van der Waals surface area contributed by atoms with Crippen LogP contribution in [0.15, 0.2) is 42.5 Å². The van der Waals surface area contributed by atoms with Gasteiger partial charge in [0.15, 0.2) is 0 Å². The van der Waals surface area contributed by atoms with E-state index in [0.29, 0.717) is 15.6 Å². The van der Waals surface area contributed by atoms with Crippen LogP contribution in [0.2, 0.25) is 10.0 Å². The Kier molecular flexibility index (Phi) is 5.10. The van der Waals surface area contributed by atoms with Gasteiger partial charge in [-0.3, -0.25) is 0 Å². The molecule has 110 valence electrons. The number of esters is 1. The molecule has 0 saturated heterocycles. The molecule has 0 aliphatic carbocycles. The van der Waals surface area contributed by atoms with Gasteiger partial charge in [-0.1, -0.05) is 29.3 Å². The molecule has 2 rings (SSSR count). The van der Waals surface area contributed by atoms with Gasteiger partial charge in [-0.05, 0) is 48.9 Å². The summed E-state index contributed by atoms with van der Waals surface area (Å²) in [6.45, 7) is 2.02. The fourth-order valence-electron chi connectivity index (χ4n) is 1.94. The minimum atomic E-state index is -0.348. The number of carbonyl (C=O) groups is 1. The third-order valence-electron chi connectivity index (χ3n) is 3.13. The normalized spacial score (nSPS) is 11.8. The van der Waals surface area contributed by atoms with E-state index >= 15 is 0 Å². The second-order valence-electron chi connectivity index (χ2n) is 4.61. The summed E-state index contributed by atoms with van der Waals surface area (Å²) >= 11 is 11.9. The molecule has 1 N–H and O–H groups in total. The summed E-state index contributed by atoms with van der Waals surface area (Å²) in [5, 5.41) is 4.40. The van der Waals surface area contributed by atoms with E-state index in [1.165, 1.54) is 7.11 Å². The van der Waals surface area contributed by atoms with E-state index in [0.717, 1.165) is 11.3 Å². The smallest absolute Gasteiger partial charge is 0.337 e. The Morgan fingerprint density at radius 1 is 1.10 bits per heavy atom. The Bertz CT molecular complexity index is 641.